The number of hydrogen-bond donors (Lipinski definition) is 1. The van der Waals surface area contributed by atoms with E-state index in [4.69, 9.17) is 4.74 Å². The highest BCUT2D eigenvalue weighted by Gasteiger charge is 2.28. The average molecular weight is 270 g/mol. The molecular formula is C15H18N4O. The molecule has 0 radical (unpaired) electrons. The smallest absolute Gasteiger partial charge is 0.176 e. The SMILES string of the molecule is c1ccc2c(c1)NCC(c1nncn1C1CCCC1)O2. The summed E-state index contributed by atoms with van der Waals surface area (Å²) in [5.74, 6) is 1.84. The van der Waals surface area contributed by atoms with Crippen LogP contribution in [0.5, 0.6) is 5.75 Å². The van der Waals surface area contributed by atoms with Crippen molar-refractivity contribution in [3.63, 3.8) is 0 Å². The largest absolute Gasteiger partial charge is 0.478 e. The highest BCUT2D eigenvalue weighted by Crippen LogP contribution is 2.36. The van der Waals surface area contributed by atoms with Gasteiger partial charge in [-0.25, -0.2) is 0 Å². The van der Waals surface area contributed by atoms with Crippen LogP contribution in [-0.2, 0) is 0 Å². The topological polar surface area (TPSA) is 52.0 Å². The molecule has 1 aromatic heterocycles. The lowest BCUT2D eigenvalue weighted by Gasteiger charge is -2.27. The highest BCUT2D eigenvalue weighted by atomic mass is 16.5. The van der Waals surface area contributed by atoms with E-state index in [0.29, 0.717) is 6.04 Å². The van der Waals surface area contributed by atoms with Crippen LogP contribution in [0.25, 0.3) is 0 Å². The molecule has 1 N–H and O–H groups in total. The lowest BCUT2D eigenvalue weighted by Crippen LogP contribution is -2.27. The van der Waals surface area contributed by atoms with Crippen molar-refractivity contribution < 1.29 is 4.74 Å². The molecule has 1 unspecified atom stereocenters. The minimum Gasteiger partial charge on any atom is -0.478 e. The van der Waals surface area contributed by atoms with Gasteiger partial charge in [-0.15, -0.1) is 10.2 Å². The standard InChI is InChI=1S/C15H18N4O/c1-2-6-11(5-1)19-10-17-18-15(19)14-9-16-12-7-3-4-8-13(12)20-14/h3-4,7-8,10-11,14,16H,1-2,5-6,9H2. The van der Waals surface area contributed by atoms with Crippen molar-refractivity contribution in [3.05, 3.63) is 36.4 Å². The molecule has 1 saturated carbocycles. The molecular weight excluding hydrogens is 252 g/mol. The second-order valence-electron chi connectivity index (χ2n) is 5.52. The van der Waals surface area contributed by atoms with Gasteiger partial charge in [-0.2, -0.15) is 0 Å². The Morgan fingerprint density at radius 3 is 2.95 bits per heavy atom. The maximum Gasteiger partial charge on any atom is 0.176 e. The van der Waals surface area contributed by atoms with E-state index in [1.54, 1.807) is 0 Å². The van der Waals surface area contributed by atoms with E-state index >= 15 is 0 Å². The Kier molecular flexibility index (Phi) is 2.83. The molecule has 5 heteroatoms. The number of anilines is 1. The predicted molar refractivity (Wildman–Crippen MR) is 75.8 cm³/mol. The molecule has 0 bridgehead atoms. The minimum atomic E-state index is -0.0620. The summed E-state index contributed by atoms with van der Waals surface area (Å²) in [4.78, 5) is 0. The van der Waals surface area contributed by atoms with E-state index in [-0.39, 0.29) is 6.10 Å². The fraction of sp³-hybridized carbons (Fsp3) is 0.467. The molecule has 5 nitrogen and oxygen atoms in total. The number of hydrogen-bond acceptors (Lipinski definition) is 4. The van der Waals surface area contributed by atoms with Crippen molar-refractivity contribution in [1.29, 1.82) is 0 Å². The molecule has 2 aromatic rings. The van der Waals surface area contributed by atoms with Gasteiger partial charge in [0, 0.05) is 6.04 Å². The van der Waals surface area contributed by atoms with Crippen molar-refractivity contribution in [1.82, 2.24) is 14.8 Å². The summed E-state index contributed by atoms with van der Waals surface area (Å²) in [7, 11) is 0. The summed E-state index contributed by atoms with van der Waals surface area (Å²) in [6.07, 6.45) is 6.84. The normalized spacial score (nSPS) is 22.1. The zero-order valence-electron chi connectivity index (χ0n) is 11.3. The molecule has 1 aliphatic carbocycles. The van der Waals surface area contributed by atoms with Gasteiger partial charge in [0.05, 0.1) is 12.2 Å². The van der Waals surface area contributed by atoms with Crippen LogP contribution < -0.4 is 10.1 Å². The Bertz CT molecular complexity index is 603. The second kappa shape index (κ2) is 4.81. The summed E-state index contributed by atoms with van der Waals surface area (Å²) >= 11 is 0. The van der Waals surface area contributed by atoms with Crippen molar-refractivity contribution in [2.75, 3.05) is 11.9 Å². The Morgan fingerprint density at radius 1 is 1.20 bits per heavy atom. The van der Waals surface area contributed by atoms with Gasteiger partial charge in [-0.05, 0) is 25.0 Å². The van der Waals surface area contributed by atoms with Crippen molar-refractivity contribution in [3.8, 4) is 5.75 Å². The Balaban J connectivity index is 1.62. The Hall–Kier alpha value is -2.04. The molecule has 4 rings (SSSR count). The van der Waals surface area contributed by atoms with Crippen LogP contribution in [-0.4, -0.2) is 21.3 Å². The van der Waals surface area contributed by atoms with Gasteiger partial charge >= 0.3 is 0 Å². The summed E-state index contributed by atoms with van der Waals surface area (Å²) in [6.45, 7) is 0.739. The number of rotatable bonds is 2. The molecule has 1 aliphatic heterocycles. The molecule has 104 valence electrons. The number of para-hydroxylation sites is 2. The maximum absolute atomic E-state index is 6.09. The number of nitrogens with one attached hydrogen (secondary N) is 1. The van der Waals surface area contributed by atoms with Crippen LogP contribution in [0.4, 0.5) is 5.69 Å². The zero-order chi connectivity index (χ0) is 13.4. The van der Waals surface area contributed by atoms with Crippen LogP contribution in [0.3, 0.4) is 0 Å². The third kappa shape index (κ3) is 1.94. The number of ether oxygens (including phenoxy) is 1. The van der Waals surface area contributed by atoms with Gasteiger partial charge in [-0.1, -0.05) is 25.0 Å². The monoisotopic (exact) mass is 270 g/mol. The third-order valence-electron chi connectivity index (χ3n) is 4.24. The Morgan fingerprint density at radius 2 is 2.05 bits per heavy atom. The molecule has 0 amide bonds. The summed E-state index contributed by atoms with van der Waals surface area (Å²) in [6, 6.07) is 8.57. The summed E-state index contributed by atoms with van der Waals surface area (Å²) < 4.78 is 8.31. The van der Waals surface area contributed by atoms with Crippen molar-refractivity contribution >= 4 is 5.69 Å². The van der Waals surface area contributed by atoms with Crippen LogP contribution >= 0.6 is 0 Å². The van der Waals surface area contributed by atoms with Crippen molar-refractivity contribution in [2.24, 2.45) is 0 Å². The molecule has 20 heavy (non-hydrogen) atoms. The first-order valence-electron chi connectivity index (χ1n) is 7.31. The minimum absolute atomic E-state index is 0.0620. The van der Waals surface area contributed by atoms with E-state index < -0.39 is 0 Å². The highest BCUT2D eigenvalue weighted by molar-refractivity contribution is 5.57. The van der Waals surface area contributed by atoms with Gasteiger partial charge in [-0.3, -0.25) is 0 Å². The predicted octanol–water partition coefficient (Wildman–Crippen LogP) is 2.94. The van der Waals surface area contributed by atoms with Gasteiger partial charge in [0.2, 0.25) is 0 Å². The Labute approximate surface area is 118 Å². The van der Waals surface area contributed by atoms with E-state index in [1.807, 2.05) is 30.6 Å². The first-order chi connectivity index (χ1) is 9.92. The molecule has 0 saturated heterocycles. The van der Waals surface area contributed by atoms with Gasteiger partial charge in [0.15, 0.2) is 11.9 Å². The average Bonchev–Trinajstić information content (AvgIpc) is 3.17. The fourth-order valence-electron chi connectivity index (χ4n) is 3.20. The molecule has 1 aromatic carbocycles. The van der Waals surface area contributed by atoms with Crippen LogP contribution in [0.15, 0.2) is 30.6 Å². The quantitative estimate of drug-likeness (QED) is 0.911. The number of aromatic nitrogens is 3. The first kappa shape index (κ1) is 11.8. The van der Waals surface area contributed by atoms with Crippen LogP contribution in [0.2, 0.25) is 0 Å². The number of benzene rings is 1. The lowest BCUT2D eigenvalue weighted by atomic mass is 10.2. The number of fused-ring (bicyclic) bond motifs is 1. The van der Waals surface area contributed by atoms with Crippen LogP contribution in [0.1, 0.15) is 43.7 Å². The lowest BCUT2D eigenvalue weighted by molar-refractivity contribution is 0.191. The van der Waals surface area contributed by atoms with E-state index in [1.165, 1.54) is 25.7 Å². The van der Waals surface area contributed by atoms with Gasteiger partial charge in [0.1, 0.15) is 12.1 Å². The van der Waals surface area contributed by atoms with Gasteiger partial charge < -0.3 is 14.6 Å². The molecule has 1 fully saturated rings. The van der Waals surface area contributed by atoms with E-state index in [9.17, 15) is 0 Å². The van der Waals surface area contributed by atoms with E-state index in [2.05, 4.69) is 20.1 Å². The van der Waals surface area contributed by atoms with E-state index in [0.717, 1.165) is 23.8 Å². The van der Waals surface area contributed by atoms with Crippen LogP contribution in [0, 0.1) is 0 Å². The first-order valence-corrected chi connectivity index (χ1v) is 7.31. The summed E-state index contributed by atoms with van der Waals surface area (Å²) in [5, 5.41) is 11.8. The fourth-order valence-corrected chi connectivity index (χ4v) is 3.20. The zero-order valence-corrected chi connectivity index (χ0v) is 11.3. The summed E-state index contributed by atoms with van der Waals surface area (Å²) in [5.41, 5.74) is 1.05. The number of nitrogens with zero attached hydrogens (tertiary/aromatic N) is 3. The molecule has 0 spiro atoms. The van der Waals surface area contributed by atoms with Crippen molar-refractivity contribution in [2.45, 2.75) is 37.8 Å². The molecule has 2 heterocycles. The molecule has 2 aliphatic rings. The molecule has 1 atom stereocenters. The second-order valence-corrected chi connectivity index (χ2v) is 5.52. The maximum atomic E-state index is 6.09. The third-order valence-corrected chi connectivity index (χ3v) is 4.24. The van der Waals surface area contributed by atoms with Gasteiger partial charge in [0.25, 0.3) is 0 Å².